The molecule has 0 saturated heterocycles. The third-order valence-corrected chi connectivity index (χ3v) is 5.85. The van der Waals surface area contributed by atoms with Crippen LogP contribution in [0.2, 0.25) is 0 Å². The Morgan fingerprint density at radius 2 is 1.89 bits per heavy atom. The van der Waals surface area contributed by atoms with E-state index in [1.165, 1.54) is 35.1 Å². The van der Waals surface area contributed by atoms with Crippen molar-refractivity contribution in [2.45, 2.75) is 52.1 Å². The van der Waals surface area contributed by atoms with Crippen molar-refractivity contribution in [3.63, 3.8) is 0 Å². The van der Waals surface area contributed by atoms with Gasteiger partial charge in [0.05, 0.1) is 0 Å². The van der Waals surface area contributed by atoms with Gasteiger partial charge in [-0.05, 0) is 63.3 Å². The van der Waals surface area contributed by atoms with E-state index in [-0.39, 0.29) is 5.78 Å². The second kappa shape index (κ2) is 8.48. The lowest BCUT2D eigenvalue weighted by Gasteiger charge is -2.13. The number of Topliss-reactive ketones (excluding diaryl/α,β-unsaturated/α-hetero) is 1. The molecule has 5 nitrogen and oxygen atoms in total. The fraction of sp³-hybridized carbons (Fsp3) is 0.381. The van der Waals surface area contributed by atoms with Crippen molar-refractivity contribution in [2.75, 3.05) is 5.32 Å². The first-order valence-electron chi connectivity index (χ1n) is 9.18. The molecule has 142 valence electrons. The quantitative estimate of drug-likeness (QED) is 0.470. The summed E-state index contributed by atoms with van der Waals surface area (Å²) in [6.07, 6.45) is 4.61. The molecule has 3 rings (SSSR count). The normalized spacial score (nSPS) is 14.6. The Morgan fingerprint density at radius 1 is 1.11 bits per heavy atom. The van der Waals surface area contributed by atoms with E-state index in [1.54, 1.807) is 31.2 Å². The number of carbonyl (C=O) groups is 3. The van der Waals surface area contributed by atoms with Gasteiger partial charge < -0.3 is 10.1 Å². The molecule has 0 fully saturated rings. The number of esters is 1. The largest absolute Gasteiger partial charge is 0.448 e. The summed E-state index contributed by atoms with van der Waals surface area (Å²) in [4.78, 5) is 38.0. The van der Waals surface area contributed by atoms with Crippen molar-refractivity contribution in [1.29, 1.82) is 0 Å². The van der Waals surface area contributed by atoms with Crippen LogP contribution in [0.5, 0.6) is 0 Å². The number of ketones is 1. The van der Waals surface area contributed by atoms with Crippen molar-refractivity contribution < 1.29 is 19.1 Å². The summed E-state index contributed by atoms with van der Waals surface area (Å²) in [5.74, 6) is -0.974. The number of thiophene rings is 1. The van der Waals surface area contributed by atoms with E-state index in [0.29, 0.717) is 16.1 Å². The van der Waals surface area contributed by atoms with Crippen LogP contribution in [0, 0.1) is 0 Å². The van der Waals surface area contributed by atoms with Crippen LogP contribution in [0.15, 0.2) is 30.3 Å². The van der Waals surface area contributed by atoms with Gasteiger partial charge in [-0.3, -0.25) is 9.59 Å². The number of nitrogens with one attached hydrogen (secondary N) is 1. The summed E-state index contributed by atoms with van der Waals surface area (Å²) in [5, 5.41) is 2.69. The second-order valence-corrected chi connectivity index (χ2v) is 7.93. The Bertz CT molecular complexity index is 847. The first-order valence-corrected chi connectivity index (χ1v) is 10.00. The van der Waals surface area contributed by atoms with E-state index in [9.17, 15) is 14.4 Å². The maximum absolute atomic E-state index is 12.4. The van der Waals surface area contributed by atoms with Gasteiger partial charge in [0.2, 0.25) is 0 Å². The van der Waals surface area contributed by atoms with Gasteiger partial charge in [-0.25, -0.2) is 4.79 Å². The maximum Gasteiger partial charge on any atom is 0.349 e. The molecule has 1 atom stereocenters. The molecule has 1 aliphatic carbocycles. The number of carbonyl (C=O) groups excluding carboxylic acids is 3. The lowest BCUT2D eigenvalue weighted by Crippen LogP contribution is -2.29. The van der Waals surface area contributed by atoms with E-state index in [0.717, 1.165) is 25.7 Å². The van der Waals surface area contributed by atoms with Gasteiger partial charge >= 0.3 is 5.97 Å². The summed E-state index contributed by atoms with van der Waals surface area (Å²) in [6.45, 7) is 3.01. The summed E-state index contributed by atoms with van der Waals surface area (Å²) < 4.78 is 5.35. The standard InChI is InChI=1S/C21H23NO4S/c1-13(23)15-8-6-9-17(11-15)22-20(24)14(2)26-21(25)19-12-16-7-4-3-5-10-18(16)27-19/h6,8-9,11-12,14H,3-5,7,10H2,1-2H3,(H,22,24)/t14-/m0/s1. The average molecular weight is 385 g/mol. The van der Waals surface area contributed by atoms with Crippen molar-refractivity contribution in [2.24, 2.45) is 0 Å². The van der Waals surface area contributed by atoms with Crippen LogP contribution in [0.25, 0.3) is 0 Å². The van der Waals surface area contributed by atoms with Gasteiger partial charge in [-0.15, -0.1) is 11.3 Å². The highest BCUT2D eigenvalue weighted by Gasteiger charge is 2.22. The zero-order chi connectivity index (χ0) is 19.4. The van der Waals surface area contributed by atoms with E-state index in [4.69, 9.17) is 4.74 Å². The Morgan fingerprint density at radius 3 is 2.67 bits per heavy atom. The summed E-state index contributed by atoms with van der Waals surface area (Å²) in [7, 11) is 0. The number of hydrogen-bond acceptors (Lipinski definition) is 5. The van der Waals surface area contributed by atoms with Gasteiger partial charge in [0, 0.05) is 16.1 Å². The highest BCUT2D eigenvalue weighted by molar-refractivity contribution is 7.14. The molecular weight excluding hydrogens is 362 g/mol. The van der Waals surface area contributed by atoms with E-state index < -0.39 is 18.0 Å². The lowest BCUT2D eigenvalue weighted by atomic mass is 10.1. The molecule has 1 amide bonds. The number of ether oxygens (including phenoxy) is 1. The van der Waals surface area contributed by atoms with Gasteiger partial charge in [-0.2, -0.15) is 0 Å². The van der Waals surface area contributed by atoms with Crippen LogP contribution in [-0.4, -0.2) is 23.8 Å². The summed E-state index contributed by atoms with van der Waals surface area (Å²) >= 11 is 1.48. The predicted octanol–water partition coefficient (Wildman–Crippen LogP) is 4.40. The SMILES string of the molecule is CC(=O)c1cccc(NC(=O)[C@H](C)OC(=O)c2cc3c(s2)CCCCC3)c1. The topological polar surface area (TPSA) is 72.5 Å². The van der Waals surface area contributed by atoms with Crippen molar-refractivity contribution >= 4 is 34.7 Å². The van der Waals surface area contributed by atoms with E-state index in [2.05, 4.69) is 5.32 Å². The van der Waals surface area contributed by atoms with Gasteiger partial charge in [-0.1, -0.05) is 18.6 Å². The predicted molar refractivity (Wildman–Crippen MR) is 106 cm³/mol. The molecule has 2 aromatic rings. The second-order valence-electron chi connectivity index (χ2n) is 6.79. The minimum absolute atomic E-state index is 0.0805. The van der Waals surface area contributed by atoms with Crippen molar-refractivity contribution in [3.05, 3.63) is 51.2 Å². The van der Waals surface area contributed by atoms with Gasteiger partial charge in [0.1, 0.15) is 4.88 Å². The highest BCUT2D eigenvalue weighted by atomic mass is 32.1. The number of amides is 1. The van der Waals surface area contributed by atoms with Crippen LogP contribution in [-0.2, 0) is 22.4 Å². The van der Waals surface area contributed by atoms with Crippen LogP contribution in [0.1, 0.15) is 63.6 Å². The van der Waals surface area contributed by atoms with Crippen molar-refractivity contribution in [3.8, 4) is 0 Å². The third-order valence-electron chi connectivity index (χ3n) is 4.64. The minimum atomic E-state index is -0.930. The molecule has 27 heavy (non-hydrogen) atoms. The number of rotatable bonds is 5. The van der Waals surface area contributed by atoms with Gasteiger partial charge in [0.25, 0.3) is 5.91 Å². The van der Waals surface area contributed by atoms with Crippen LogP contribution in [0.3, 0.4) is 0 Å². The number of aryl methyl sites for hydroxylation is 2. The fourth-order valence-corrected chi connectivity index (χ4v) is 4.24. The number of benzene rings is 1. The smallest absolute Gasteiger partial charge is 0.349 e. The van der Waals surface area contributed by atoms with Crippen LogP contribution in [0.4, 0.5) is 5.69 Å². The zero-order valence-electron chi connectivity index (χ0n) is 15.5. The zero-order valence-corrected chi connectivity index (χ0v) is 16.4. The van der Waals surface area contributed by atoms with E-state index in [1.807, 2.05) is 6.07 Å². The van der Waals surface area contributed by atoms with Crippen molar-refractivity contribution in [1.82, 2.24) is 0 Å². The highest BCUT2D eigenvalue weighted by Crippen LogP contribution is 2.29. The minimum Gasteiger partial charge on any atom is -0.448 e. The van der Waals surface area contributed by atoms with E-state index >= 15 is 0 Å². The first kappa shape index (κ1) is 19.3. The summed E-state index contributed by atoms with van der Waals surface area (Å²) in [5.41, 5.74) is 2.25. The molecule has 0 saturated carbocycles. The molecule has 0 bridgehead atoms. The molecular formula is C21H23NO4S. The maximum atomic E-state index is 12.4. The molecule has 0 unspecified atom stereocenters. The Balaban J connectivity index is 1.61. The molecule has 0 spiro atoms. The summed E-state index contributed by atoms with van der Waals surface area (Å²) in [6, 6.07) is 8.58. The number of hydrogen-bond donors (Lipinski definition) is 1. The Labute approximate surface area is 162 Å². The monoisotopic (exact) mass is 385 g/mol. The molecule has 0 aliphatic heterocycles. The molecule has 0 radical (unpaired) electrons. The molecule has 1 heterocycles. The Hall–Kier alpha value is -2.47. The molecule has 1 aromatic heterocycles. The van der Waals surface area contributed by atoms with Crippen LogP contribution >= 0.6 is 11.3 Å². The fourth-order valence-electron chi connectivity index (χ4n) is 3.10. The Kier molecular flexibility index (Phi) is 6.06. The molecule has 1 aromatic carbocycles. The molecule has 1 aliphatic rings. The number of anilines is 1. The number of fused-ring (bicyclic) bond motifs is 1. The average Bonchev–Trinajstić information content (AvgIpc) is 2.92. The molecule has 6 heteroatoms. The first-order chi connectivity index (χ1) is 12.9. The van der Waals surface area contributed by atoms with Gasteiger partial charge in [0.15, 0.2) is 11.9 Å². The third kappa shape index (κ3) is 4.83. The van der Waals surface area contributed by atoms with Crippen LogP contribution < -0.4 is 5.32 Å². The lowest BCUT2D eigenvalue weighted by molar-refractivity contribution is -0.123. The molecule has 1 N–H and O–H groups in total.